The van der Waals surface area contributed by atoms with Crippen LogP contribution in [0, 0.1) is 11.8 Å². The molecule has 1 N–H and O–H groups in total. The van der Waals surface area contributed by atoms with Crippen molar-refractivity contribution < 1.29 is 9.52 Å². The molecule has 114 valence electrons. The fraction of sp³-hybridized carbons (Fsp3) is 0.556. The molecule has 0 radical (unpaired) electrons. The zero-order valence-electron chi connectivity index (χ0n) is 13.0. The number of rotatable bonds is 4. The van der Waals surface area contributed by atoms with Crippen LogP contribution in [0.3, 0.4) is 0 Å². The van der Waals surface area contributed by atoms with Gasteiger partial charge in [-0.05, 0) is 30.7 Å². The van der Waals surface area contributed by atoms with Gasteiger partial charge in [0.05, 0.1) is 6.26 Å². The highest BCUT2D eigenvalue weighted by atomic mass is 16.3. The molecule has 1 atom stereocenters. The van der Waals surface area contributed by atoms with Crippen molar-refractivity contribution in [1.82, 2.24) is 4.90 Å². The molecule has 3 rings (SSSR count). The van der Waals surface area contributed by atoms with E-state index in [0.29, 0.717) is 6.42 Å². The second-order valence-electron chi connectivity index (χ2n) is 6.56. The number of para-hydroxylation sites is 1. The minimum atomic E-state index is -0.404. The first-order valence-corrected chi connectivity index (χ1v) is 8.02. The van der Waals surface area contributed by atoms with Crippen LogP contribution in [0.4, 0.5) is 0 Å². The summed E-state index contributed by atoms with van der Waals surface area (Å²) in [5, 5.41) is 11.6. The Morgan fingerprint density at radius 2 is 1.95 bits per heavy atom. The molecule has 2 aromatic rings. The van der Waals surface area contributed by atoms with Crippen molar-refractivity contribution in [1.29, 1.82) is 0 Å². The molecule has 0 amide bonds. The van der Waals surface area contributed by atoms with E-state index in [4.69, 9.17) is 4.42 Å². The normalized spacial score (nSPS) is 19.4. The van der Waals surface area contributed by atoms with E-state index in [2.05, 4.69) is 24.8 Å². The van der Waals surface area contributed by atoms with Gasteiger partial charge < -0.3 is 9.52 Å². The van der Waals surface area contributed by atoms with E-state index in [9.17, 15) is 5.11 Å². The Labute approximate surface area is 126 Å². The lowest BCUT2D eigenvalue weighted by Gasteiger charge is -2.36. The molecular formula is C18H25NO2. The largest absolute Gasteiger partial charge is 0.464 e. The lowest BCUT2D eigenvalue weighted by Crippen LogP contribution is -2.43. The number of benzene rings is 1. The molecule has 2 heterocycles. The molecule has 1 aliphatic rings. The summed E-state index contributed by atoms with van der Waals surface area (Å²) in [6, 6.07) is 8.02. The third-order valence-electron chi connectivity index (χ3n) is 4.90. The average molecular weight is 287 g/mol. The Balaban J connectivity index is 1.63. The maximum absolute atomic E-state index is 10.5. The van der Waals surface area contributed by atoms with Crippen LogP contribution >= 0.6 is 0 Å². The molecule has 1 saturated heterocycles. The number of furan rings is 1. The van der Waals surface area contributed by atoms with E-state index < -0.39 is 6.23 Å². The van der Waals surface area contributed by atoms with Crippen molar-refractivity contribution in [3.63, 3.8) is 0 Å². The first-order chi connectivity index (χ1) is 10.1. The van der Waals surface area contributed by atoms with Crippen LogP contribution in [-0.2, 0) is 6.42 Å². The van der Waals surface area contributed by atoms with Crippen LogP contribution in [0.5, 0.6) is 0 Å². The van der Waals surface area contributed by atoms with Crippen LogP contribution in [-0.4, -0.2) is 29.3 Å². The zero-order valence-corrected chi connectivity index (χ0v) is 13.0. The Kier molecular flexibility index (Phi) is 4.32. The van der Waals surface area contributed by atoms with Gasteiger partial charge in [0.1, 0.15) is 11.8 Å². The highest BCUT2D eigenvalue weighted by molar-refractivity contribution is 5.80. The number of hydrogen-bond acceptors (Lipinski definition) is 3. The van der Waals surface area contributed by atoms with Crippen LogP contribution in [0.25, 0.3) is 11.0 Å². The number of likely N-dealkylation sites (tertiary alicyclic amines) is 1. The average Bonchev–Trinajstić information content (AvgIpc) is 2.91. The van der Waals surface area contributed by atoms with Gasteiger partial charge in [-0.1, -0.05) is 32.0 Å². The first kappa shape index (κ1) is 14.6. The standard InChI is InChI=1S/C18H25NO2/c1-13(2)14-7-9-19(10-8-14)18(20)11-15-12-21-17-6-4-3-5-16(15)17/h3-6,12-14,18,20H,7-11H2,1-2H3. The van der Waals surface area contributed by atoms with E-state index >= 15 is 0 Å². The molecule has 21 heavy (non-hydrogen) atoms. The van der Waals surface area contributed by atoms with Gasteiger partial charge in [-0.2, -0.15) is 0 Å². The quantitative estimate of drug-likeness (QED) is 0.932. The zero-order chi connectivity index (χ0) is 14.8. The summed E-state index contributed by atoms with van der Waals surface area (Å²) < 4.78 is 5.56. The Hall–Kier alpha value is -1.32. The third-order valence-corrected chi connectivity index (χ3v) is 4.90. The summed E-state index contributed by atoms with van der Waals surface area (Å²) in [5.41, 5.74) is 2.00. The van der Waals surface area contributed by atoms with Gasteiger partial charge >= 0.3 is 0 Å². The topological polar surface area (TPSA) is 36.6 Å². The van der Waals surface area contributed by atoms with Gasteiger partial charge in [0.15, 0.2) is 0 Å². The summed E-state index contributed by atoms with van der Waals surface area (Å²) >= 11 is 0. The van der Waals surface area contributed by atoms with Crippen LogP contribution < -0.4 is 0 Å². The van der Waals surface area contributed by atoms with Gasteiger partial charge in [-0.3, -0.25) is 4.90 Å². The predicted molar refractivity (Wildman–Crippen MR) is 85.1 cm³/mol. The monoisotopic (exact) mass is 287 g/mol. The second-order valence-corrected chi connectivity index (χ2v) is 6.56. The van der Waals surface area contributed by atoms with E-state index in [-0.39, 0.29) is 0 Å². The van der Waals surface area contributed by atoms with Crippen LogP contribution in [0.1, 0.15) is 32.3 Å². The smallest absolute Gasteiger partial charge is 0.134 e. The van der Waals surface area contributed by atoms with Crippen molar-refractivity contribution in [2.45, 2.75) is 39.3 Å². The number of fused-ring (bicyclic) bond motifs is 1. The Morgan fingerprint density at radius 3 is 2.67 bits per heavy atom. The predicted octanol–water partition coefficient (Wildman–Crippen LogP) is 3.66. The highest BCUT2D eigenvalue weighted by Gasteiger charge is 2.26. The fourth-order valence-electron chi connectivity index (χ4n) is 3.40. The number of aliphatic hydroxyl groups excluding tert-OH is 1. The molecular weight excluding hydrogens is 262 g/mol. The summed E-state index contributed by atoms with van der Waals surface area (Å²) in [6.45, 7) is 6.60. The van der Waals surface area contributed by atoms with Crippen molar-refractivity contribution >= 4 is 11.0 Å². The van der Waals surface area contributed by atoms with E-state index in [0.717, 1.165) is 41.5 Å². The van der Waals surface area contributed by atoms with Gasteiger partial charge in [-0.15, -0.1) is 0 Å². The van der Waals surface area contributed by atoms with Crippen molar-refractivity contribution in [3.8, 4) is 0 Å². The minimum Gasteiger partial charge on any atom is -0.464 e. The van der Waals surface area contributed by atoms with Crippen molar-refractivity contribution in [2.75, 3.05) is 13.1 Å². The Bertz CT molecular complexity index is 582. The minimum absolute atomic E-state index is 0.404. The fourth-order valence-corrected chi connectivity index (χ4v) is 3.40. The molecule has 3 heteroatoms. The molecule has 1 aromatic heterocycles. The Morgan fingerprint density at radius 1 is 1.24 bits per heavy atom. The SMILES string of the molecule is CC(C)C1CCN(C(O)Cc2coc3ccccc23)CC1. The molecule has 1 aromatic carbocycles. The van der Waals surface area contributed by atoms with E-state index in [1.165, 1.54) is 12.8 Å². The van der Waals surface area contributed by atoms with Crippen molar-refractivity contribution in [2.24, 2.45) is 11.8 Å². The summed E-state index contributed by atoms with van der Waals surface area (Å²) in [4.78, 5) is 2.21. The lowest BCUT2D eigenvalue weighted by atomic mass is 9.86. The molecule has 0 aliphatic carbocycles. The van der Waals surface area contributed by atoms with Gasteiger partial charge in [0, 0.05) is 30.5 Å². The molecule has 3 nitrogen and oxygen atoms in total. The van der Waals surface area contributed by atoms with Gasteiger partial charge in [0.2, 0.25) is 0 Å². The van der Waals surface area contributed by atoms with E-state index in [1.54, 1.807) is 6.26 Å². The maximum atomic E-state index is 10.5. The van der Waals surface area contributed by atoms with Gasteiger partial charge in [-0.25, -0.2) is 0 Å². The number of piperidine rings is 1. The first-order valence-electron chi connectivity index (χ1n) is 8.02. The lowest BCUT2D eigenvalue weighted by molar-refractivity contribution is -0.0200. The number of aliphatic hydroxyl groups is 1. The summed E-state index contributed by atoms with van der Waals surface area (Å²) in [7, 11) is 0. The molecule has 1 unspecified atom stereocenters. The van der Waals surface area contributed by atoms with Crippen LogP contribution in [0.15, 0.2) is 34.9 Å². The molecule has 1 aliphatic heterocycles. The molecule has 0 spiro atoms. The molecule has 1 fully saturated rings. The summed E-state index contributed by atoms with van der Waals surface area (Å²) in [6.07, 6.45) is 4.42. The number of hydrogen-bond donors (Lipinski definition) is 1. The molecule has 0 bridgehead atoms. The maximum Gasteiger partial charge on any atom is 0.134 e. The highest BCUT2D eigenvalue weighted by Crippen LogP contribution is 2.27. The summed E-state index contributed by atoms with van der Waals surface area (Å²) in [5.74, 6) is 1.56. The third kappa shape index (κ3) is 3.14. The van der Waals surface area contributed by atoms with Gasteiger partial charge in [0.25, 0.3) is 0 Å². The van der Waals surface area contributed by atoms with Crippen LogP contribution in [0.2, 0.25) is 0 Å². The molecule has 0 saturated carbocycles. The second kappa shape index (κ2) is 6.20. The van der Waals surface area contributed by atoms with E-state index in [1.807, 2.05) is 18.2 Å². The number of nitrogens with zero attached hydrogens (tertiary/aromatic N) is 1. The van der Waals surface area contributed by atoms with Crippen molar-refractivity contribution in [3.05, 3.63) is 36.1 Å².